The van der Waals surface area contributed by atoms with Gasteiger partial charge in [-0.3, -0.25) is 4.90 Å². The highest BCUT2D eigenvalue weighted by Crippen LogP contribution is 2.29. The summed E-state index contributed by atoms with van der Waals surface area (Å²) in [4.78, 5) is 4.22. The molecule has 0 amide bonds. The van der Waals surface area contributed by atoms with Gasteiger partial charge in [-0.1, -0.05) is 46.3 Å². The Morgan fingerprint density at radius 3 is 2.35 bits per heavy atom. The molecule has 20 heavy (non-hydrogen) atoms. The quantitative estimate of drug-likeness (QED) is 0.755. The van der Waals surface area contributed by atoms with Crippen LogP contribution in [-0.2, 0) is 5.92 Å². The van der Waals surface area contributed by atoms with Gasteiger partial charge in [-0.15, -0.1) is 0 Å². The summed E-state index contributed by atoms with van der Waals surface area (Å²) in [6.45, 7) is 4.15. The second kappa shape index (κ2) is 7.48. The van der Waals surface area contributed by atoms with E-state index < -0.39 is 5.92 Å². The van der Waals surface area contributed by atoms with Crippen LogP contribution in [0.3, 0.4) is 0 Å². The molecule has 1 aliphatic rings. The molecule has 0 bridgehead atoms. The van der Waals surface area contributed by atoms with Crippen molar-refractivity contribution in [3.63, 3.8) is 0 Å². The molecule has 1 fully saturated rings. The van der Waals surface area contributed by atoms with Gasteiger partial charge in [0.15, 0.2) is 0 Å². The lowest BCUT2D eigenvalue weighted by Gasteiger charge is -2.26. The third-order valence-corrected chi connectivity index (χ3v) is 4.05. The van der Waals surface area contributed by atoms with Crippen LogP contribution in [-0.4, -0.2) is 54.4 Å². The molecule has 5 heteroatoms. The zero-order valence-corrected chi connectivity index (χ0v) is 13.2. The van der Waals surface area contributed by atoms with Crippen LogP contribution in [0.2, 0.25) is 0 Å². The van der Waals surface area contributed by atoms with Gasteiger partial charge in [0.05, 0.1) is 6.54 Å². The Morgan fingerprint density at radius 1 is 1.00 bits per heavy atom. The monoisotopic (exact) mass is 346 g/mol. The van der Waals surface area contributed by atoms with Gasteiger partial charge in [0.25, 0.3) is 5.92 Å². The van der Waals surface area contributed by atoms with Gasteiger partial charge >= 0.3 is 0 Å². The van der Waals surface area contributed by atoms with Crippen molar-refractivity contribution in [2.75, 3.05) is 44.6 Å². The minimum absolute atomic E-state index is 0.113. The van der Waals surface area contributed by atoms with Crippen LogP contribution < -0.4 is 0 Å². The fraction of sp³-hybridized carbons (Fsp3) is 0.600. The second-order valence-corrected chi connectivity index (χ2v) is 6.02. The van der Waals surface area contributed by atoms with Gasteiger partial charge in [-0.05, 0) is 19.5 Å². The number of hydrogen-bond acceptors (Lipinski definition) is 2. The van der Waals surface area contributed by atoms with Gasteiger partial charge in [0.1, 0.15) is 0 Å². The van der Waals surface area contributed by atoms with E-state index in [9.17, 15) is 8.78 Å². The molecule has 2 rings (SSSR count). The lowest BCUT2D eigenvalue weighted by molar-refractivity contribution is -0.0369. The van der Waals surface area contributed by atoms with Crippen molar-refractivity contribution in [3.05, 3.63) is 35.9 Å². The molecule has 0 atom stereocenters. The Bertz CT molecular complexity index is 400. The molecule has 1 saturated heterocycles. The minimum atomic E-state index is -2.77. The third-order valence-electron chi connectivity index (χ3n) is 3.70. The topological polar surface area (TPSA) is 6.48 Å². The van der Waals surface area contributed by atoms with E-state index in [2.05, 4.69) is 20.8 Å². The maximum atomic E-state index is 14.3. The van der Waals surface area contributed by atoms with Crippen molar-refractivity contribution in [1.29, 1.82) is 0 Å². The Kier molecular flexibility index (Phi) is 5.93. The molecule has 0 unspecified atom stereocenters. The summed E-state index contributed by atoms with van der Waals surface area (Å²) in [6, 6.07) is 8.13. The molecule has 1 aromatic carbocycles. The number of rotatable bonds is 5. The summed E-state index contributed by atoms with van der Waals surface area (Å²) in [5, 5.41) is 0.938. The first-order chi connectivity index (χ1) is 9.62. The molecule has 1 aromatic rings. The highest BCUT2D eigenvalue weighted by Gasteiger charge is 2.34. The van der Waals surface area contributed by atoms with Gasteiger partial charge in [-0.2, -0.15) is 8.78 Å². The van der Waals surface area contributed by atoms with E-state index in [4.69, 9.17) is 0 Å². The van der Waals surface area contributed by atoms with E-state index in [0.29, 0.717) is 0 Å². The highest BCUT2D eigenvalue weighted by atomic mass is 79.9. The fourth-order valence-electron chi connectivity index (χ4n) is 2.58. The molecule has 0 aromatic heterocycles. The first-order valence-electron chi connectivity index (χ1n) is 7.06. The Morgan fingerprint density at radius 2 is 1.65 bits per heavy atom. The predicted octanol–water partition coefficient (Wildman–Crippen LogP) is 3.18. The van der Waals surface area contributed by atoms with E-state index >= 15 is 0 Å². The minimum Gasteiger partial charge on any atom is -0.301 e. The number of benzene rings is 1. The van der Waals surface area contributed by atoms with Crippen molar-refractivity contribution >= 4 is 15.9 Å². The number of halogens is 3. The molecule has 1 aliphatic heterocycles. The van der Waals surface area contributed by atoms with Crippen LogP contribution in [0.1, 0.15) is 12.0 Å². The van der Waals surface area contributed by atoms with E-state index in [0.717, 1.165) is 44.5 Å². The molecule has 0 aliphatic carbocycles. The zero-order chi connectivity index (χ0) is 14.4. The van der Waals surface area contributed by atoms with Crippen LogP contribution in [0.4, 0.5) is 8.78 Å². The first-order valence-corrected chi connectivity index (χ1v) is 8.18. The molecule has 2 nitrogen and oxygen atoms in total. The average molecular weight is 347 g/mol. The molecule has 0 N–H and O–H groups in total. The number of alkyl halides is 3. The lowest BCUT2D eigenvalue weighted by Crippen LogP contribution is -2.38. The van der Waals surface area contributed by atoms with Crippen molar-refractivity contribution in [2.24, 2.45) is 0 Å². The molecule has 0 radical (unpaired) electrons. The summed E-state index contributed by atoms with van der Waals surface area (Å²) < 4.78 is 28.5. The molecular weight excluding hydrogens is 326 g/mol. The average Bonchev–Trinajstić information content (AvgIpc) is 2.66. The van der Waals surface area contributed by atoms with E-state index in [1.54, 1.807) is 18.2 Å². The highest BCUT2D eigenvalue weighted by molar-refractivity contribution is 9.09. The van der Waals surface area contributed by atoms with Crippen LogP contribution in [0.25, 0.3) is 0 Å². The van der Waals surface area contributed by atoms with Gasteiger partial charge in [-0.25, -0.2) is 0 Å². The summed E-state index contributed by atoms with van der Waals surface area (Å²) in [6.07, 6.45) is 0.956. The lowest BCUT2D eigenvalue weighted by atomic mass is 10.1. The molecular formula is C15H21BrF2N2. The molecule has 112 valence electrons. The molecule has 0 spiro atoms. The fourth-order valence-corrected chi connectivity index (χ4v) is 3.08. The van der Waals surface area contributed by atoms with Gasteiger partial charge in [0, 0.05) is 30.5 Å². The Balaban J connectivity index is 1.92. The van der Waals surface area contributed by atoms with E-state index in [1.165, 1.54) is 12.1 Å². The third kappa shape index (κ3) is 4.50. The Hall–Kier alpha value is -0.520. The van der Waals surface area contributed by atoms with Crippen molar-refractivity contribution in [2.45, 2.75) is 12.3 Å². The summed E-state index contributed by atoms with van der Waals surface area (Å²) in [7, 11) is 0. The number of nitrogens with zero attached hydrogens (tertiary/aromatic N) is 2. The second-order valence-electron chi connectivity index (χ2n) is 5.23. The SMILES string of the molecule is FC(F)(CN1CCCN(CCBr)CC1)c1ccccc1. The van der Waals surface area contributed by atoms with Crippen molar-refractivity contribution < 1.29 is 8.78 Å². The Labute approximate surface area is 127 Å². The van der Waals surface area contributed by atoms with Crippen molar-refractivity contribution in [1.82, 2.24) is 9.80 Å². The van der Waals surface area contributed by atoms with Crippen LogP contribution in [0, 0.1) is 0 Å². The van der Waals surface area contributed by atoms with E-state index in [-0.39, 0.29) is 12.1 Å². The largest absolute Gasteiger partial charge is 0.301 e. The van der Waals surface area contributed by atoms with E-state index in [1.807, 2.05) is 4.90 Å². The van der Waals surface area contributed by atoms with Crippen molar-refractivity contribution in [3.8, 4) is 0 Å². The van der Waals surface area contributed by atoms with Gasteiger partial charge < -0.3 is 4.90 Å². The molecule has 1 heterocycles. The maximum absolute atomic E-state index is 14.3. The zero-order valence-electron chi connectivity index (χ0n) is 11.6. The standard InChI is InChI=1S/C15H21BrF2N2/c16-7-10-19-8-4-9-20(12-11-19)13-15(17,18)14-5-2-1-3-6-14/h1-3,5-6H,4,7-13H2. The first kappa shape index (κ1) is 15.9. The number of hydrogen-bond donors (Lipinski definition) is 0. The normalized spacial score (nSPS) is 18.9. The summed E-state index contributed by atoms with van der Waals surface area (Å²) in [5.74, 6) is -2.77. The van der Waals surface area contributed by atoms with Crippen LogP contribution >= 0.6 is 15.9 Å². The molecule has 0 saturated carbocycles. The van der Waals surface area contributed by atoms with Crippen LogP contribution in [0.15, 0.2) is 30.3 Å². The maximum Gasteiger partial charge on any atom is 0.285 e. The summed E-state index contributed by atoms with van der Waals surface area (Å²) >= 11 is 3.43. The predicted molar refractivity (Wildman–Crippen MR) is 81.6 cm³/mol. The van der Waals surface area contributed by atoms with Gasteiger partial charge in [0.2, 0.25) is 0 Å². The summed E-state index contributed by atoms with van der Waals surface area (Å²) in [5.41, 5.74) is 0.113. The smallest absolute Gasteiger partial charge is 0.285 e. The van der Waals surface area contributed by atoms with Crippen LogP contribution in [0.5, 0.6) is 0 Å².